The third-order valence-corrected chi connectivity index (χ3v) is 3.48. The highest BCUT2D eigenvalue weighted by Crippen LogP contribution is 2.39. The van der Waals surface area contributed by atoms with Gasteiger partial charge in [-0.25, -0.2) is 0 Å². The zero-order valence-electron chi connectivity index (χ0n) is 9.52. The Kier molecular flexibility index (Phi) is 3.25. The molecule has 1 saturated heterocycles. The number of likely N-dealkylation sites (tertiary alicyclic amines) is 1. The summed E-state index contributed by atoms with van der Waals surface area (Å²) < 4.78 is 4.90. The van der Waals surface area contributed by atoms with Crippen LogP contribution in [-0.4, -0.2) is 43.0 Å². The van der Waals surface area contributed by atoms with E-state index in [0.717, 1.165) is 19.3 Å². The molecule has 0 spiro atoms. The molecular weight excluding hydrogens is 208 g/mol. The summed E-state index contributed by atoms with van der Waals surface area (Å²) in [4.78, 5) is 25.2. The van der Waals surface area contributed by atoms with Gasteiger partial charge in [0.1, 0.15) is 0 Å². The van der Waals surface area contributed by atoms with Crippen LogP contribution in [0.2, 0.25) is 0 Å². The zero-order chi connectivity index (χ0) is 11.7. The average molecular weight is 226 g/mol. The second-order valence-corrected chi connectivity index (χ2v) is 4.65. The van der Waals surface area contributed by atoms with Crippen molar-refractivity contribution in [1.82, 2.24) is 4.90 Å². The van der Waals surface area contributed by atoms with E-state index in [1.807, 2.05) is 0 Å². The number of carbonyl (C=O) groups is 2. The molecule has 3 atom stereocenters. The highest BCUT2D eigenvalue weighted by molar-refractivity contribution is 6.05. The molecule has 0 aromatic carbocycles. The summed E-state index contributed by atoms with van der Waals surface area (Å²) in [5, 5.41) is 0. The van der Waals surface area contributed by atoms with E-state index in [-0.39, 0.29) is 29.7 Å². The number of amides is 2. The molecule has 2 fully saturated rings. The Labute approximate surface area is 94.9 Å². The van der Waals surface area contributed by atoms with Crippen LogP contribution in [0.1, 0.15) is 19.3 Å². The van der Waals surface area contributed by atoms with Gasteiger partial charge in [0.2, 0.25) is 11.8 Å². The molecule has 3 unspecified atom stereocenters. The average Bonchev–Trinajstić information content (AvgIpc) is 2.79. The number of fused-ring (bicyclic) bond motifs is 1. The molecule has 0 aromatic rings. The summed E-state index contributed by atoms with van der Waals surface area (Å²) in [7, 11) is 1.56. The Balaban J connectivity index is 2.00. The van der Waals surface area contributed by atoms with Crippen molar-refractivity contribution in [3.63, 3.8) is 0 Å². The van der Waals surface area contributed by atoms with Gasteiger partial charge in [-0.2, -0.15) is 0 Å². The number of ether oxygens (including phenoxy) is 1. The monoisotopic (exact) mass is 226 g/mol. The van der Waals surface area contributed by atoms with Gasteiger partial charge in [0.15, 0.2) is 0 Å². The molecule has 2 aliphatic rings. The van der Waals surface area contributed by atoms with Gasteiger partial charge in [-0.05, 0) is 12.8 Å². The van der Waals surface area contributed by atoms with Gasteiger partial charge in [0.25, 0.3) is 0 Å². The van der Waals surface area contributed by atoms with E-state index in [1.54, 1.807) is 7.11 Å². The maximum absolute atomic E-state index is 11.9. The van der Waals surface area contributed by atoms with Crippen molar-refractivity contribution < 1.29 is 14.3 Å². The third-order valence-electron chi connectivity index (χ3n) is 3.48. The van der Waals surface area contributed by atoms with Crippen LogP contribution in [0.3, 0.4) is 0 Å². The van der Waals surface area contributed by atoms with E-state index in [2.05, 4.69) is 0 Å². The molecule has 0 radical (unpaired) electrons. The van der Waals surface area contributed by atoms with Crippen LogP contribution in [-0.2, 0) is 14.3 Å². The lowest BCUT2D eigenvalue weighted by molar-refractivity contribution is -0.140. The number of hydrogen-bond donors (Lipinski definition) is 1. The molecule has 1 aliphatic heterocycles. The van der Waals surface area contributed by atoms with Crippen molar-refractivity contribution in [2.45, 2.75) is 25.3 Å². The van der Waals surface area contributed by atoms with E-state index >= 15 is 0 Å². The summed E-state index contributed by atoms with van der Waals surface area (Å²) in [5.74, 6) is -0.192. The van der Waals surface area contributed by atoms with Crippen LogP contribution in [0.25, 0.3) is 0 Å². The fraction of sp³-hybridized carbons (Fsp3) is 0.818. The predicted molar refractivity (Wildman–Crippen MR) is 57.4 cm³/mol. The first-order chi connectivity index (χ1) is 7.65. The first kappa shape index (κ1) is 11.5. The Morgan fingerprint density at radius 3 is 2.44 bits per heavy atom. The minimum absolute atomic E-state index is 0.0287. The number of imide groups is 1. The van der Waals surface area contributed by atoms with Crippen molar-refractivity contribution >= 4 is 11.8 Å². The summed E-state index contributed by atoms with van der Waals surface area (Å²) >= 11 is 0. The highest BCUT2D eigenvalue weighted by Gasteiger charge is 2.49. The molecule has 1 saturated carbocycles. The topological polar surface area (TPSA) is 72.6 Å². The minimum atomic E-state index is -0.281. The Hall–Kier alpha value is -0.940. The van der Waals surface area contributed by atoms with Gasteiger partial charge < -0.3 is 10.5 Å². The molecule has 16 heavy (non-hydrogen) atoms. The van der Waals surface area contributed by atoms with Crippen LogP contribution in [0.15, 0.2) is 0 Å². The van der Waals surface area contributed by atoms with Crippen molar-refractivity contribution in [1.29, 1.82) is 0 Å². The molecule has 1 heterocycles. The van der Waals surface area contributed by atoms with E-state index in [1.165, 1.54) is 4.90 Å². The third kappa shape index (κ3) is 1.85. The number of rotatable bonds is 4. The lowest BCUT2D eigenvalue weighted by Gasteiger charge is -2.19. The maximum Gasteiger partial charge on any atom is 0.233 e. The van der Waals surface area contributed by atoms with Crippen LogP contribution >= 0.6 is 0 Å². The molecule has 0 bridgehead atoms. The first-order valence-corrected chi connectivity index (χ1v) is 5.75. The fourth-order valence-electron chi connectivity index (χ4n) is 2.74. The second-order valence-electron chi connectivity index (χ2n) is 4.65. The Morgan fingerprint density at radius 1 is 1.38 bits per heavy atom. The van der Waals surface area contributed by atoms with Crippen LogP contribution < -0.4 is 5.73 Å². The number of nitrogens with two attached hydrogens (primary N) is 1. The Morgan fingerprint density at radius 2 is 1.94 bits per heavy atom. The maximum atomic E-state index is 11.9. The molecule has 5 nitrogen and oxygen atoms in total. The zero-order valence-corrected chi connectivity index (χ0v) is 9.52. The summed E-state index contributed by atoms with van der Waals surface area (Å²) in [6.45, 7) is 0.658. The number of carbonyl (C=O) groups excluding carboxylic acids is 2. The van der Waals surface area contributed by atoms with Crippen molar-refractivity contribution in [3.05, 3.63) is 0 Å². The molecule has 2 N–H and O–H groups in total. The highest BCUT2D eigenvalue weighted by atomic mass is 16.5. The lowest BCUT2D eigenvalue weighted by Crippen LogP contribution is -2.43. The van der Waals surface area contributed by atoms with Crippen LogP contribution in [0.5, 0.6) is 0 Å². The van der Waals surface area contributed by atoms with Crippen molar-refractivity contribution in [2.75, 3.05) is 20.3 Å². The largest absolute Gasteiger partial charge is 0.383 e. The number of nitrogens with zero attached hydrogens (tertiary/aromatic N) is 1. The lowest BCUT2D eigenvalue weighted by atomic mass is 10.00. The van der Waals surface area contributed by atoms with Crippen LogP contribution in [0.4, 0.5) is 0 Å². The second kappa shape index (κ2) is 4.51. The Bertz CT molecular complexity index is 284. The summed E-state index contributed by atoms with van der Waals surface area (Å²) in [6.07, 6.45) is 2.70. The summed E-state index contributed by atoms with van der Waals surface area (Å²) in [6, 6.07) is -0.281. The van der Waals surface area contributed by atoms with Crippen molar-refractivity contribution in [3.8, 4) is 0 Å². The molecule has 5 heteroatoms. The van der Waals surface area contributed by atoms with Gasteiger partial charge in [-0.1, -0.05) is 6.42 Å². The molecule has 2 amide bonds. The molecule has 2 rings (SSSR count). The number of methoxy groups -OCH3 is 1. The SMILES string of the molecule is COCC(N)CN1C(=O)C2CCCC2C1=O. The molecule has 0 aromatic heterocycles. The van der Waals surface area contributed by atoms with E-state index in [9.17, 15) is 9.59 Å². The van der Waals surface area contributed by atoms with E-state index in [4.69, 9.17) is 10.5 Å². The van der Waals surface area contributed by atoms with Crippen molar-refractivity contribution in [2.24, 2.45) is 17.6 Å². The first-order valence-electron chi connectivity index (χ1n) is 5.75. The number of hydrogen-bond acceptors (Lipinski definition) is 4. The van der Waals surface area contributed by atoms with Gasteiger partial charge in [0, 0.05) is 19.7 Å². The fourth-order valence-corrected chi connectivity index (χ4v) is 2.74. The van der Waals surface area contributed by atoms with Crippen LogP contribution in [0, 0.1) is 11.8 Å². The minimum Gasteiger partial charge on any atom is -0.383 e. The predicted octanol–water partition coefficient (Wildman–Crippen LogP) is -0.255. The van der Waals surface area contributed by atoms with Gasteiger partial charge in [-0.3, -0.25) is 14.5 Å². The standard InChI is InChI=1S/C11H18N2O3/c1-16-6-7(12)5-13-10(14)8-3-2-4-9(8)11(13)15/h7-9H,2-6,12H2,1H3. The molecule has 1 aliphatic carbocycles. The molecule has 90 valence electrons. The smallest absolute Gasteiger partial charge is 0.233 e. The molecular formula is C11H18N2O3. The summed E-state index contributed by atoms with van der Waals surface area (Å²) in [5.41, 5.74) is 5.77. The van der Waals surface area contributed by atoms with E-state index < -0.39 is 0 Å². The van der Waals surface area contributed by atoms with Gasteiger partial charge in [-0.15, -0.1) is 0 Å². The van der Waals surface area contributed by atoms with Gasteiger partial charge >= 0.3 is 0 Å². The normalized spacial score (nSPS) is 31.0. The van der Waals surface area contributed by atoms with E-state index in [0.29, 0.717) is 13.2 Å². The van der Waals surface area contributed by atoms with Gasteiger partial charge in [0.05, 0.1) is 18.4 Å². The quantitative estimate of drug-likeness (QED) is 0.671.